The first kappa shape index (κ1) is 8.81. The Kier molecular flexibility index (Phi) is 1.81. The summed E-state index contributed by atoms with van der Waals surface area (Å²) in [6.45, 7) is 3.33. The molecule has 0 aliphatic rings. The van der Waals surface area contributed by atoms with Crippen LogP contribution < -0.4 is 0 Å². The van der Waals surface area contributed by atoms with Crippen molar-refractivity contribution < 1.29 is 9.90 Å². The Morgan fingerprint density at radius 1 is 1.43 bits per heavy atom. The Balaban J connectivity index is 2.93. The fourth-order valence-electron chi connectivity index (χ4n) is 1.80. The Labute approximate surface area is 81.4 Å². The van der Waals surface area contributed by atoms with Gasteiger partial charge in [-0.05, 0) is 26.0 Å². The maximum absolute atomic E-state index is 11.4. The lowest BCUT2D eigenvalue weighted by Gasteiger charge is -1.97. The summed E-state index contributed by atoms with van der Waals surface area (Å²) >= 11 is 0. The van der Waals surface area contributed by atoms with E-state index in [0.29, 0.717) is 10.9 Å². The molecule has 2 N–H and O–H groups in total. The molecule has 2 aromatic rings. The molecule has 0 spiro atoms. The molecule has 0 saturated carbocycles. The van der Waals surface area contributed by atoms with Crippen molar-refractivity contribution in [2.75, 3.05) is 0 Å². The zero-order chi connectivity index (χ0) is 10.3. The molecule has 1 heterocycles. The quantitative estimate of drug-likeness (QED) is 0.677. The predicted octanol–water partition coefficient (Wildman–Crippen LogP) is 2.38. The van der Waals surface area contributed by atoms with Crippen LogP contribution in [0.1, 0.15) is 23.0 Å². The topological polar surface area (TPSA) is 53.1 Å². The molecule has 3 heteroatoms. The van der Waals surface area contributed by atoms with Crippen LogP contribution in [0.3, 0.4) is 0 Å². The van der Waals surface area contributed by atoms with Gasteiger partial charge in [0.2, 0.25) is 0 Å². The molecular formula is C11H11NO2. The molecule has 0 fully saturated rings. The molecule has 0 unspecified atom stereocenters. The van der Waals surface area contributed by atoms with Crippen LogP contribution in [-0.2, 0) is 0 Å². The van der Waals surface area contributed by atoms with Gasteiger partial charge in [-0.2, -0.15) is 0 Å². The maximum Gasteiger partial charge on any atom is 0.162 e. The van der Waals surface area contributed by atoms with E-state index in [9.17, 15) is 9.90 Å². The van der Waals surface area contributed by atoms with E-state index in [1.165, 1.54) is 6.92 Å². The van der Waals surface area contributed by atoms with Gasteiger partial charge in [0.05, 0.1) is 10.9 Å². The molecule has 0 aliphatic heterocycles. The number of aryl methyl sites for hydroxylation is 1. The molecule has 1 aromatic heterocycles. The van der Waals surface area contributed by atoms with Gasteiger partial charge < -0.3 is 10.1 Å². The molecule has 1 aromatic carbocycles. The number of carbonyl (C=O) groups is 1. The summed E-state index contributed by atoms with van der Waals surface area (Å²) in [6, 6.07) is 5.17. The monoisotopic (exact) mass is 189 g/mol. The number of rotatable bonds is 1. The third kappa shape index (κ3) is 1.09. The van der Waals surface area contributed by atoms with Crippen LogP contribution in [0.4, 0.5) is 0 Å². The van der Waals surface area contributed by atoms with E-state index >= 15 is 0 Å². The Morgan fingerprint density at radius 2 is 2.14 bits per heavy atom. The number of hydrogen-bond acceptors (Lipinski definition) is 2. The van der Waals surface area contributed by atoms with E-state index in [2.05, 4.69) is 4.98 Å². The number of nitrogens with one attached hydrogen (secondary N) is 1. The summed E-state index contributed by atoms with van der Waals surface area (Å²) in [5, 5.41) is 10.3. The van der Waals surface area contributed by atoms with Gasteiger partial charge in [0.15, 0.2) is 5.78 Å². The molecule has 0 aliphatic carbocycles. The third-order valence-electron chi connectivity index (χ3n) is 2.34. The summed E-state index contributed by atoms with van der Waals surface area (Å²) in [5.74, 6) is 0.118. The van der Waals surface area contributed by atoms with Gasteiger partial charge in [-0.1, -0.05) is 6.07 Å². The minimum atomic E-state index is -0.0322. The number of aromatic hydroxyl groups is 1. The summed E-state index contributed by atoms with van der Waals surface area (Å²) in [4.78, 5) is 14.4. The lowest BCUT2D eigenvalue weighted by Crippen LogP contribution is -1.92. The highest BCUT2D eigenvalue weighted by molar-refractivity contribution is 6.10. The van der Waals surface area contributed by atoms with Gasteiger partial charge in [-0.3, -0.25) is 4.79 Å². The average Bonchev–Trinajstić information content (AvgIpc) is 2.42. The summed E-state index contributed by atoms with van der Waals surface area (Å²) < 4.78 is 0. The van der Waals surface area contributed by atoms with Crippen molar-refractivity contribution in [3.63, 3.8) is 0 Å². The fraction of sp³-hybridized carbons (Fsp3) is 0.182. The molecular weight excluding hydrogens is 178 g/mol. The molecule has 72 valence electrons. The van der Waals surface area contributed by atoms with Crippen LogP contribution in [-0.4, -0.2) is 15.9 Å². The second-order valence-electron chi connectivity index (χ2n) is 3.38. The number of aromatic amines is 1. The van der Waals surface area contributed by atoms with Crippen molar-refractivity contribution in [3.05, 3.63) is 29.5 Å². The van der Waals surface area contributed by atoms with E-state index in [1.807, 2.05) is 13.0 Å². The van der Waals surface area contributed by atoms with Crippen LogP contribution in [0, 0.1) is 6.92 Å². The van der Waals surface area contributed by atoms with Gasteiger partial charge in [-0.15, -0.1) is 0 Å². The first-order chi connectivity index (χ1) is 6.61. The highest BCUT2D eigenvalue weighted by Crippen LogP contribution is 2.30. The smallest absolute Gasteiger partial charge is 0.162 e. The average molecular weight is 189 g/mol. The molecule has 0 bridgehead atoms. The molecule has 0 saturated heterocycles. The van der Waals surface area contributed by atoms with Crippen molar-refractivity contribution in [1.82, 2.24) is 4.98 Å². The maximum atomic E-state index is 11.4. The van der Waals surface area contributed by atoms with Crippen molar-refractivity contribution in [2.24, 2.45) is 0 Å². The number of fused-ring (bicyclic) bond motifs is 1. The Hall–Kier alpha value is -1.77. The number of phenolic OH excluding ortho intramolecular Hbond substituents is 1. The van der Waals surface area contributed by atoms with Gasteiger partial charge in [-0.25, -0.2) is 0 Å². The van der Waals surface area contributed by atoms with E-state index in [0.717, 1.165) is 11.2 Å². The van der Waals surface area contributed by atoms with Crippen LogP contribution in [0.25, 0.3) is 10.9 Å². The summed E-state index contributed by atoms with van der Waals surface area (Å²) in [5.41, 5.74) is 2.18. The van der Waals surface area contributed by atoms with E-state index in [1.54, 1.807) is 12.1 Å². The minimum absolute atomic E-state index is 0.0322. The Bertz CT molecular complexity index is 511. The normalized spacial score (nSPS) is 10.7. The number of benzene rings is 1. The molecule has 0 radical (unpaired) electrons. The van der Waals surface area contributed by atoms with Crippen molar-refractivity contribution in [1.29, 1.82) is 0 Å². The SMILES string of the molecule is CC(=O)c1c(C)[nH]c2cccc(O)c12. The molecule has 0 amide bonds. The van der Waals surface area contributed by atoms with Crippen LogP contribution >= 0.6 is 0 Å². The zero-order valence-electron chi connectivity index (χ0n) is 8.09. The van der Waals surface area contributed by atoms with Gasteiger partial charge in [0, 0.05) is 11.3 Å². The number of phenols is 1. The second-order valence-corrected chi connectivity index (χ2v) is 3.38. The summed E-state index contributed by atoms with van der Waals surface area (Å²) in [7, 11) is 0. The van der Waals surface area contributed by atoms with Crippen LogP contribution in [0.2, 0.25) is 0 Å². The van der Waals surface area contributed by atoms with Gasteiger partial charge in [0.1, 0.15) is 5.75 Å². The van der Waals surface area contributed by atoms with Gasteiger partial charge >= 0.3 is 0 Å². The standard InChI is InChI=1S/C11H11NO2/c1-6-10(7(2)13)11-8(12-6)4-3-5-9(11)14/h3-5,12,14H,1-2H3. The highest BCUT2D eigenvalue weighted by Gasteiger charge is 2.14. The lowest BCUT2D eigenvalue weighted by atomic mass is 10.1. The van der Waals surface area contributed by atoms with Crippen LogP contribution in [0.5, 0.6) is 5.75 Å². The summed E-state index contributed by atoms with van der Waals surface area (Å²) in [6.07, 6.45) is 0. The fourth-order valence-corrected chi connectivity index (χ4v) is 1.80. The molecule has 14 heavy (non-hydrogen) atoms. The van der Waals surface area contributed by atoms with E-state index < -0.39 is 0 Å². The van der Waals surface area contributed by atoms with E-state index in [4.69, 9.17) is 0 Å². The van der Waals surface area contributed by atoms with Crippen LogP contribution in [0.15, 0.2) is 18.2 Å². The number of hydrogen-bond donors (Lipinski definition) is 2. The number of ketones is 1. The first-order valence-corrected chi connectivity index (χ1v) is 4.42. The third-order valence-corrected chi connectivity index (χ3v) is 2.34. The van der Waals surface area contributed by atoms with Crippen molar-refractivity contribution in [3.8, 4) is 5.75 Å². The second kappa shape index (κ2) is 2.87. The molecule has 2 rings (SSSR count). The highest BCUT2D eigenvalue weighted by atomic mass is 16.3. The minimum Gasteiger partial charge on any atom is -0.507 e. The lowest BCUT2D eigenvalue weighted by molar-refractivity contribution is 0.101. The van der Waals surface area contributed by atoms with Gasteiger partial charge in [0.25, 0.3) is 0 Å². The largest absolute Gasteiger partial charge is 0.507 e. The number of H-pyrrole nitrogens is 1. The first-order valence-electron chi connectivity index (χ1n) is 4.42. The number of aromatic nitrogens is 1. The molecule has 0 atom stereocenters. The van der Waals surface area contributed by atoms with Crippen molar-refractivity contribution >= 4 is 16.7 Å². The predicted molar refractivity (Wildman–Crippen MR) is 54.7 cm³/mol. The Morgan fingerprint density at radius 3 is 2.79 bits per heavy atom. The number of carbonyl (C=O) groups excluding carboxylic acids is 1. The number of Topliss-reactive ketones (excluding diaryl/α,β-unsaturated/α-hetero) is 1. The van der Waals surface area contributed by atoms with E-state index in [-0.39, 0.29) is 11.5 Å². The molecule has 3 nitrogen and oxygen atoms in total. The van der Waals surface area contributed by atoms with Crippen molar-refractivity contribution in [2.45, 2.75) is 13.8 Å². The zero-order valence-corrected chi connectivity index (χ0v) is 8.09.